The Morgan fingerprint density at radius 2 is 1.24 bits per heavy atom. The van der Waals surface area contributed by atoms with Crippen molar-refractivity contribution in [3.8, 4) is 23.0 Å². The van der Waals surface area contributed by atoms with Crippen LogP contribution >= 0.6 is 0 Å². The quantitative estimate of drug-likeness (QED) is 0.590. The minimum atomic E-state index is 0.203. The zero-order valence-corrected chi connectivity index (χ0v) is 13.7. The number of rotatable bonds is 1. The third kappa shape index (κ3) is 4.23. The highest BCUT2D eigenvalue weighted by atomic mass is 14.2. The summed E-state index contributed by atoms with van der Waals surface area (Å²) in [4.78, 5) is 0. The SMILES string of the molecule is CC(C)C#Cc1ccc(-c2ccc(C(C)(C)C)cc2)cc1. The largest absolute Gasteiger partial charge is 0.0951 e. The molecule has 0 atom stereocenters. The molecule has 0 N–H and O–H groups in total. The van der Waals surface area contributed by atoms with E-state index in [9.17, 15) is 0 Å². The first kappa shape index (κ1) is 15.4. The third-order valence-electron chi connectivity index (χ3n) is 3.47. The van der Waals surface area contributed by atoms with Crippen LogP contribution < -0.4 is 0 Å². The maximum Gasteiger partial charge on any atom is 0.0245 e. The lowest BCUT2D eigenvalue weighted by molar-refractivity contribution is 0.590. The van der Waals surface area contributed by atoms with Gasteiger partial charge in [0.2, 0.25) is 0 Å². The molecule has 0 bridgehead atoms. The number of benzene rings is 2. The summed E-state index contributed by atoms with van der Waals surface area (Å²) in [5.41, 5.74) is 5.15. The summed E-state index contributed by atoms with van der Waals surface area (Å²) < 4.78 is 0. The van der Waals surface area contributed by atoms with Crippen molar-refractivity contribution in [1.82, 2.24) is 0 Å². The zero-order valence-electron chi connectivity index (χ0n) is 13.7. The van der Waals surface area contributed by atoms with Gasteiger partial charge in [-0.1, -0.05) is 82.9 Å². The van der Waals surface area contributed by atoms with Crippen LogP contribution in [0.25, 0.3) is 11.1 Å². The van der Waals surface area contributed by atoms with E-state index < -0.39 is 0 Å². The van der Waals surface area contributed by atoms with Gasteiger partial charge in [-0.25, -0.2) is 0 Å². The standard InChI is InChI=1S/C21H24/c1-16(2)6-7-17-8-10-18(11-9-17)19-12-14-20(15-13-19)21(3,4)5/h8-16H,1-5H3. The molecule has 0 spiro atoms. The second-order valence-corrected chi connectivity index (χ2v) is 6.83. The molecule has 0 heteroatoms. The van der Waals surface area contributed by atoms with Gasteiger partial charge in [0.25, 0.3) is 0 Å². The molecule has 0 aliphatic heterocycles. The minimum absolute atomic E-state index is 0.203. The van der Waals surface area contributed by atoms with Gasteiger partial charge < -0.3 is 0 Å². The van der Waals surface area contributed by atoms with Crippen LogP contribution in [0.5, 0.6) is 0 Å². The molecule has 0 fully saturated rings. The molecule has 0 aliphatic rings. The zero-order chi connectivity index (χ0) is 15.5. The summed E-state index contributed by atoms with van der Waals surface area (Å²) in [7, 11) is 0. The van der Waals surface area contributed by atoms with E-state index in [1.54, 1.807) is 0 Å². The Labute approximate surface area is 129 Å². The van der Waals surface area contributed by atoms with Crippen molar-refractivity contribution in [2.45, 2.75) is 40.0 Å². The van der Waals surface area contributed by atoms with E-state index in [0.29, 0.717) is 5.92 Å². The van der Waals surface area contributed by atoms with Gasteiger partial charge in [-0.3, -0.25) is 0 Å². The highest BCUT2D eigenvalue weighted by molar-refractivity contribution is 5.64. The summed E-state index contributed by atoms with van der Waals surface area (Å²) in [6, 6.07) is 17.4. The Balaban J connectivity index is 2.22. The summed E-state index contributed by atoms with van der Waals surface area (Å²) in [6.07, 6.45) is 0. The second kappa shape index (κ2) is 6.19. The van der Waals surface area contributed by atoms with E-state index in [-0.39, 0.29) is 5.41 Å². The highest BCUT2D eigenvalue weighted by Gasteiger charge is 2.12. The van der Waals surface area contributed by atoms with E-state index in [1.807, 2.05) is 0 Å². The molecule has 0 nitrogen and oxygen atoms in total. The molecule has 0 aliphatic carbocycles. The maximum atomic E-state index is 3.20. The van der Waals surface area contributed by atoms with Gasteiger partial charge in [-0.15, -0.1) is 0 Å². The third-order valence-corrected chi connectivity index (χ3v) is 3.47. The van der Waals surface area contributed by atoms with Gasteiger partial charge in [-0.2, -0.15) is 0 Å². The molecule has 0 radical (unpaired) electrons. The van der Waals surface area contributed by atoms with Crippen LogP contribution in [0.3, 0.4) is 0 Å². The predicted octanol–water partition coefficient (Wildman–Crippen LogP) is 5.66. The van der Waals surface area contributed by atoms with Crippen LogP contribution in [-0.4, -0.2) is 0 Å². The van der Waals surface area contributed by atoms with Crippen molar-refractivity contribution in [3.63, 3.8) is 0 Å². The van der Waals surface area contributed by atoms with Crippen LogP contribution in [0.2, 0.25) is 0 Å². The molecular formula is C21H24. The summed E-state index contributed by atoms with van der Waals surface area (Å²) in [5, 5.41) is 0. The molecule has 0 saturated carbocycles. The summed E-state index contributed by atoms with van der Waals surface area (Å²) >= 11 is 0. The molecule has 0 aromatic heterocycles. The molecule has 108 valence electrons. The van der Waals surface area contributed by atoms with Gasteiger partial charge in [-0.05, 0) is 34.2 Å². The van der Waals surface area contributed by atoms with E-state index in [1.165, 1.54) is 16.7 Å². The summed E-state index contributed by atoms with van der Waals surface area (Å²) in [6.45, 7) is 10.9. The average molecular weight is 276 g/mol. The van der Waals surface area contributed by atoms with Crippen molar-refractivity contribution >= 4 is 0 Å². The monoisotopic (exact) mass is 276 g/mol. The van der Waals surface area contributed by atoms with Crippen molar-refractivity contribution in [1.29, 1.82) is 0 Å². The molecule has 2 rings (SSSR count). The first-order valence-electron chi connectivity index (χ1n) is 7.59. The fourth-order valence-corrected chi connectivity index (χ4v) is 2.14. The van der Waals surface area contributed by atoms with Crippen LogP contribution in [0.15, 0.2) is 48.5 Å². The predicted molar refractivity (Wildman–Crippen MR) is 92.3 cm³/mol. The molecule has 21 heavy (non-hydrogen) atoms. The maximum absolute atomic E-state index is 3.20. The van der Waals surface area contributed by atoms with Crippen LogP contribution in [0.4, 0.5) is 0 Å². The van der Waals surface area contributed by atoms with Gasteiger partial charge in [0.05, 0.1) is 0 Å². The van der Waals surface area contributed by atoms with Crippen molar-refractivity contribution in [3.05, 3.63) is 59.7 Å². The van der Waals surface area contributed by atoms with Gasteiger partial charge >= 0.3 is 0 Å². The van der Waals surface area contributed by atoms with Crippen molar-refractivity contribution in [2.24, 2.45) is 5.92 Å². The van der Waals surface area contributed by atoms with Crippen LogP contribution in [0.1, 0.15) is 45.7 Å². The molecular weight excluding hydrogens is 252 g/mol. The Bertz CT molecular complexity index is 638. The normalized spacial score (nSPS) is 11.1. The first-order chi connectivity index (χ1) is 9.86. The molecule has 0 saturated heterocycles. The Morgan fingerprint density at radius 1 is 0.762 bits per heavy atom. The number of hydrogen-bond acceptors (Lipinski definition) is 0. The lowest BCUT2D eigenvalue weighted by Crippen LogP contribution is -2.10. The Morgan fingerprint density at radius 3 is 1.67 bits per heavy atom. The second-order valence-electron chi connectivity index (χ2n) is 6.83. The van der Waals surface area contributed by atoms with E-state index in [0.717, 1.165) is 5.56 Å². The van der Waals surface area contributed by atoms with E-state index >= 15 is 0 Å². The average Bonchev–Trinajstić information content (AvgIpc) is 2.45. The van der Waals surface area contributed by atoms with Crippen LogP contribution in [-0.2, 0) is 5.41 Å². The van der Waals surface area contributed by atoms with E-state index in [4.69, 9.17) is 0 Å². The Hall–Kier alpha value is -2.00. The highest BCUT2D eigenvalue weighted by Crippen LogP contribution is 2.26. The topological polar surface area (TPSA) is 0 Å². The van der Waals surface area contributed by atoms with Crippen LogP contribution in [0, 0.1) is 17.8 Å². The molecule has 0 unspecified atom stereocenters. The summed E-state index contributed by atoms with van der Waals surface area (Å²) in [5.74, 6) is 6.81. The fraction of sp³-hybridized carbons (Fsp3) is 0.333. The molecule has 2 aromatic carbocycles. The minimum Gasteiger partial charge on any atom is -0.0951 e. The fourth-order valence-electron chi connectivity index (χ4n) is 2.14. The van der Waals surface area contributed by atoms with Gasteiger partial charge in [0.15, 0.2) is 0 Å². The lowest BCUT2D eigenvalue weighted by atomic mass is 9.86. The van der Waals surface area contributed by atoms with Crippen molar-refractivity contribution in [2.75, 3.05) is 0 Å². The first-order valence-corrected chi connectivity index (χ1v) is 7.59. The molecule has 0 amide bonds. The lowest BCUT2D eigenvalue weighted by Gasteiger charge is -2.19. The van der Waals surface area contributed by atoms with Gasteiger partial charge in [0.1, 0.15) is 0 Å². The smallest absolute Gasteiger partial charge is 0.0245 e. The Kier molecular flexibility index (Phi) is 4.53. The van der Waals surface area contributed by atoms with E-state index in [2.05, 4.69) is 95.0 Å². The molecule has 0 heterocycles. The van der Waals surface area contributed by atoms with Crippen molar-refractivity contribution < 1.29 is 0 Å². The molecule has 2 aromatic rings. The number of hydrogen-bond donors (Lipinski definition) is 0. The van der Waals surface area contributed by atoms with Gasteiger partial charge in [0, 0.05) is 11.5 Å².